The number of rotatable bonds is 4. The second-order valence-electron chi connectivity index (χ2n) is 4.91. The van der Waals surface area contributed by atoms with E-state index in [0.717, 1.165) is 0 Å². The molecule has 2 rings (SSSR count). The Morgan fingerprint density at radius 3 is 2.67 bits per heavy atom. The molecule has 1 aromatic carbocycles. The quantitative estimate of drug-likeness (QED) is 0.876. The van der Waals surface area contributed by atoms with Gasteiger partial charge in [-0.2, -0.15) is 0 Å². The Morgan fingerprint density at radius 1 is 1.29 bits per heavy atom. The van der Waals surface area contributed by atoms with Gasteiger partial charge in [0.25, 0.3) is 0 Å². The number of sulfone groups is 1. The standard InChI is InChI=1S/C14H15ClN2O3S/c1-9(2)21(19,20)8-13(18)17-12-5-3-4-11-10(12)6-7-16-14(11)15/h3-7,9H,8H2,1-2H3,(H,17,18). The molecular weight excluding hydrogens is 312 g/mol. The Morgan fingerprint density at radius 2 is 2.00 bits per heavy atom. The van der Waals surface area contributed by atoms with E-state index in [9.17, 15) is 13.2 Å². The molecule has 0 saturated carbocycles. The van der Waals surface area contributed by atoms with Crippen molar-refractivity contribution >= 4 is 43.8 Å². The number of carbonyl (C=O) groups excluding carboxylic acids is 1. The number of halogens is 1. The first-order valence-electron chi connectivity index (χ1n) is 6.36. The van der Waals surface area contributed by atoms with Crippen molar-refractivity contribution in [2.24, 2.45) is 0 Å². The van der Waals surface area contributed by atoms with Gasteiger partial charge in [0, 0.05) is 22.7 Å². The molecule has 0 fully saturated rings. The Balaban J connectivity index is 2.29. The van der Waals surface area contributed by atoms with Gasteiger partial charge in [0.15, 0.2) is 9.84 Å². The zero-order valence-corrected chi connectivity index (χ0v) is 13.2. The van der Waals surface area contributed by atoms with E-state index in [0.29, 0.717) is 21.6 Å². The topological polar surface area (TPSA) is 76.1 Å². The summed E-state index contributed by atoms with van der Waals surface area (Å²) in [7, 11) is -3.43. The molecule has 21 heavy (non-hydrogen) atoms. The highest BCUT2D eigenvalue weighted by Crippen LogP contribution is 2.27. The lowest BCUT2D eigenvalue weighted by molar-refractivity contribution is -0.113. The van der Waals surface area contributed by atoms with E-state index in [2.05, 4.69) is 10.3 Å². The summed E-state index contributed by atoms with van der Waals surface area (Å²) in [6, 6.07) is 6.92. The number of amides is 1. The number of carbonyl (C=O) groups is 1. The third-order valence-corrected chi connectivity index (χ3v) is 5.48. The molecule has 0 aliphatic heterocycles. The molecular formula is C14H15ClN2O3S. The van der Waals surface area contributed by atoms with Crippen molar-refractivity contribution in [3.05, 3.63) is 35.6 Å². The largest absolute Gasteiger partial charge is 0.325 e. The molecule has 0 atom stereocenters. The second-order valence-corrected chi connectivity index (χ2v) is 7.82. The molecule has 1 amide bonds. The molecule has 0 spiro atoms. The van der Waals surface area contributed by atoms with Crippen molar-refractivity contribution in [3.63, 3.8) is 0 Å². The molecule has 0 radical (unpaired) electrons. The predicted molar refractivity (Wildman–Crippen MR) is 84.3 cm³/mol. The van der Waals surface area contributed by atoms with Gasteiger partial charge in [-0.15, -0.1) is 0 Å². The highest BCUT2D eigenvalue weighted by molar-refractivity contribution is 7.92. The molecule has 5 nitrogen and oxygen atoms in total. The maximum Gasteiger partial charge on any atom is 0.239 e. The molecule has 0 aliphatic carbocycles. The number of pyridine rings is 1. The number of benzene rings is 1. The SMILES string of the molecule is CC(C)S(=O)(=O)CC(=O)Nc1cccc2c(Cl)nccc12. The Hall–Kier alpha value is -1.66. The van der Waals surface area contributed by atoms with Crippen molar-refractivity contribution in [2.75, 3.05) is 11.1 Å². The predicted octanol–water partition coefficient (Wildman–Crippen LogP) is 2.65. The summed E-state index contributed by atoms with van der Waals surface area (Å²) < 4.78 is 23.5. The molecule has 1 aromatic heterocycles. The van der Waals surface area contributed by atoms with Crippen LogP contribution in [0.5, 0.6) is 0 Å². The van der Waals surface area contributed by atoms with E-state index in [-0.39, 0.29) is 0 Å². The summed E-state index contributed by atoms with van der Waals surface area (Å²) in [5, 5.41) is 3.78. The first-order chi connectivity index (χ1) is 9.81. The second kappa shape index (κ2) is 5.99. The fourth-order valence-corrected chi connectivity index (χ4v) is 2.81. The van der Waals surface area contributed by atoms with Crippen LogP contribution in [0.25, 0.3) is 10.8 Å². The van der Waals surface area contributed by atoms with Crippen LogP contribution >= 0.6 is 11.6 Å². The van der Waals surface area contributed by atoms with Crippen molar-refractivity contribution in [1.29, 1.82) is 0 Å². The van der Waals surface area contributed by atoms with Crippen LogP contribution < -0.4 is 5.32 Å². The molecule has 2 aromatic rings. The summed E-state index contributed by atoms with van der Waals surface area (Å²) in [5.74, 6) is -1.11. The van der Waals surface area contributed by atoms with Gasteiger partial charge in [0.2, 0.25) is 5.91 Å². The van der Waals surface area contributed by atoms with Gasteiger partial charge < -0.3 is 5.32 Å². The average Bonchev–Trinajstić information content (AvgIpc) is 2.39. The van der Waals surface area contributed by atoms with E-state index in [4.69, 9.17) is 11.6 Å². The molecule has 1 heterocycles. The number of nitrogens with zero attached hydrogens (tertiary/aromatic N) is 1. The Labute approximate surface area is 128 Å². The van der Waals surface area contributed by atoms with Gasteiger partial charge >= 0.3 is 0 Å². The zero-order valence-electron chi connectivity index (χ0n) is 11.6. The first kappa shape index (κ1) is 15.7. The summed E-state index contributed by atoms with van der Waals surface area (Å²) in [6.45, 7) is 3.10. The van der Waals surface area contributed by atoms with Crippen molar-refractivity contribution in [2.45, 2.75) is 19.1 Å². The van der Waals surface area contributed by atoms with Crippen LogP contribution in [-0.2, 0) is 14.6 Å². The minimum absolute atomic E-state index is 0.332. The van der Waals surface area contributed by atoms with Crippen LogP contribution in [0, 0.1) is 0 Å². The third-order valence-electron chi connectivity index (χ3n) is 3.08. The van der Waals surface area contributed by atoms with E-state index in [1.165, 1.54) is 6.20 Å². The van der Waals surface area contributed by atoms with Crippen LogP contribution in [-0.4, -0.2) is 30.3 Å². The fraction of sp³-hybridized carbons (Fsp3) is 0.286. The van der Waals surface area contributed by atoms with Crippen LogP contribution in [0.3, 0.4) is 0 Å². The molecule has 112 valence electrons. The normalized spacial score (nSPS) is 11.8. The highest BCUT2D eigenvalue weighted by atomic mass is 35.5. The van der Waals surface area contributed by atoms with Crippen LogP contribution in [0.1, 0.15) is 13.8 Å². The zero-order chi connectivity index (χ0) is 15.6. The van der Waals surface area contributed by atoms with Crippen LogP contribution in [0.15, 0.2) is 30.5 Å². The average molecular weight is 327 g/mol. The molecule has 1 N–H and O–H groups in total. The van der Waals surface area contributed by atoms with Crippen LogP contribution in [0.4, 0.5) is 5.69 Å². The first-order valence-corrected chi connectivity index (χ1v) is 8.45. The molecule has 7 heteroatoms. The molecule has 0 bridgehead atoms. The van der Waals surface area contributed by atoms with Gasteiger partial charge in [-0.1, -0.05) is 23.7 Å². The van der Waals surface area contributed by atoms with Gasteiger partial charge in [-0.25, -0.2) is 13.4 Å². The summed E-state index contributed by atoms with van der Waals surface area (Å²) in [5.41, 5.74) is 0.515. The number of nitrogens with one attached hydrogen (secondary N) is 1. The molecule has 0 saturated heterocycles. The Bertz CT molecular complexity index is 788. The monoisotopic (exact) mass is 326 g/mol. The van der Waals surface area contributed by atoms with Crippen molar-refractivity contribution < 1.29 is 13.2 Å². The van der Waals surface area contributed by atoms with Crippen molar-refractivity contribution in [1.82, 2.24) is 4.98 Å². The van der Waals surface area contributed by atoms with Gasteiger partial charge in [0.05, 0.1) is 5.25 Å². The van der Waals surface area contributed by atoms with E-state index in [1.807, 2.05) is 0 Å². The maximum atomic E-state index is 11.9. The maximum absolute atomic E-state index is 11.9. The van der Waals surface area contributed by atoms with E-state index >= 15 is 0 Å². The number of aromatic nitrogens is 1. The van der Waals surface area contributed by atoms with E-state index in [1.54, 1.807) is 38.1 Å². The van der Waals surface area contributed by atoms with Gasteiger partial charge in [0.1, 0.15) is 10.9 Å². The third kappa shape index (κ3) is 3.51. The van der Waals surface area contributed by atoms with Gasteiger partial charge in [-0.3, -0.25) is 4.79 Å². The lowest BCUT2D eigenvalue weighted by Crippen LogP contribution is -2.27. The Kier molecular flexibility index (Phi) is 4.49. The fourth-order valence-electron chi connectivity index (χ4n) is 1.82. The van der Waals surface area contributed by atoms with Crippen LogP contribution in [0.2, 0.25) is 5.15 Å². The lowest BCUT2D eigenvalue weighted by Gasteiger charge is -2.11. The number of hydrogen-bond acceptors (Lipinski definition) is 4. The lowest BCUT2D eigenvalue weighted by atomic mass is 10.1. The molecule has 0 unspecified atom stereocenters. The van der Waals surface area contributed by atoms with E-state index < -0.39 is 26.7 Å². The number of hydrogen-bond donors (Lipinski definition) is 1. The van der Waals surface area contributed by atoms with Crippen molar-refractivity contribution in [3.8, 4) is 0 Å². The summed E-state index contributed by atoms with van der Waals surface area (Å²) in [4.78, 5) is 15.9. The minimum Gasteiger partial charge on any atom is -0.325 e. The smallest absolute Gasteiger partial charge is 0.239 e. The number of anilines is 1. The number of fused-ring (bicyclic) bond motifs is 1. The summed E-state index contributed by atoms with van der Waals surface area (Å²) >= 11 is 5.99. The molecule has 0 aliphatic rings. The van der Waals surface area contributed by atoms with Gasteiger partial charge in [-0.05, 0) is 26.0 Å². The summed E-state index contributed by atoms with van der Waals surface area (Å²) in [6.07, 6.45) is 1.53. The minimum atomic E-state index is -3.43. The highest BCUT2D eigenvalue weighted by Gasteiger charge is 2.21.